The molecule has 0 spiro atoms. The number of carbonyl (C=O) groups excluding carboxylic acids is 1. The second-order valence-corrected chi connectivity index (χ2v) is 5.42. The van der Waals surface area contributed by atoms with Crippen LogP contribution < -0.4 is 14.8 Å². The average molecular weight is 236 g/mol. The zero-order valence-electron chi connectivity index (χ0n) is 11.3. The molecule has 0 saturated carbocycles. The van der Waals surface area contributed by atoms with Gasteiger partial charge in [0.2, 0.25) is 6.54 Å². The topological polar surface area (TPSA) is 36.2 Å². The minimum absolute atomic E-state index is 0.0279. The Morgan fingerprint density at radius 2 is 1.82 bits per heavy atom. The van der Waals surface area contributed by atoms with Gasteiger partial charge in [-0.05, 0) is 20.8 Å². The Hall–Kier alpha value is -1.58. The predicted octanol–water partition coefficient (Wildman–Crippen LogP) is 0.955. The zero-order chi connectivity index (χ0) is 13.1. The van der Waals surface area contributed by atoms with Gasteiger partial charge in [0.15, 0.2) is 12.4 Å². The van der Waals surface area contributed by atoms with Crippen molar-refractivity contribution in [2.24, 2.45) is 0 Å². The van der Waals surface area contributed by atoms with Crippen molar-refractivity contribution in [3.8, 4) is 0 Å². The lowest BCUT2D eigenvalue weighted by Gasteiger charge is -2.19. The van der Waals surface area contributed by atoms with E-state index in [4.69, 9.17) is 0 Å². The van der Waals surface area contributed by atoms with Gasteiger partial charge < -0.3 is 10.2 Å². The Labute approximate surface area is 103 Å². The lowest BCUT2D eigenvalue weighted by molar-refractivity contribution is -0.684. The third-order valence-corrected chi connectivity index (χ3v) is 2.23. The molecule has 94 valence electrons. The van der Waals surface area contributed by atoms with Gasteiger partial charge in [0.25, 0.3) is 5.91 Å². The van der Waals surface area contributed by atoms with Crippen LogP contribution in [0, 0.1) is 0 Å². The highest BCUT2D eigenvalue weighted by Gasteiger charge is 2.16. The number of rotatable bonds is 3. The number of carbonyl (C=O) groups is 1. The van der Waals surface area contributed by atoms with Crippen molar-refractivity contribution in [3.05, 3.63) is 24.5 Å². The molecule has 1 amide bonds. The fourth-order valence-corrected chi connectivity index (χ4v) is 1.48. The van der Waals surface area contributed by atoms with E-state index in [0.29, 0.717) is 6.54 Å². The van der Waals surface area contributed by atoms with E-state index >= 15 is 0 Å². The Bertz CT molecular complexity index is 377. The third kappa shape index (κ3) is 4.85. The second kappa shape index (κ2) is 5.17. The van der Waals surface area contributed by atoms with Crippen LogP contribution in [0.3, 0.4) is 0 Å². The van der Waals surface area contributed by atoms with E-state index < -0.39 is 0 Å². The summed E-state index contributed by atoms with van der Waals surface area (Å²) in [6.07, 6.45) is 3.83. The molecule has 4 nitrogen and oxygen atoms in total. The van der Waals surface area contributed by atoms with Crippen molar-refractivity contribution in [3.63, 3.8) is 0 Å². The van der Waals surface area contributed by atoms with Crippen molar-refractivity contribution in [1.29, 1.82) is 0 Å². The first-order valence-electron chi connectivity index (χ1n) is 5.75. The molecule has 0 aliphatic carbocycles. The molecule has 0 bridgehead atoms. The van der Waals surface area contributed by atoms with E-state index in [9.17, 15) is 4.79 Å². The smallest absolute Gasteiger partial charge is 0.286 e. The molecule has 1 aromatic heterocycles. The lowest BCUT2D eigenvalue weighted by atomic mass is 10.1. The molecular weight excluding hydrogens is 214 g/mol. The summed E-state index contributed by atoms with van der Waals surface area (Å²) in [4.78, 5) is 13.7. The average Bonchev–Trinajstić information content (AvgIpc) is 2.15. The Morgan fingerprint density at radius 1 is 1.29 bits per heavy atom. The van der Waals surface area contributed by atoms with Gasteiger partial charge in [-0.2, -0.15) is 4.57 Å². The normalized spacial score (nSPS) is 11.1. The minimum Gasteiger partial charge on any atom is -0.377 e. The molecule has 0 atom stereocenters. The number of hydrogen-bond donors (Lipinski definition) is 1. The summed E-state index contributed by atoms with van der Waals surface area (Å²) in [5.41, 5.74) is 0.943. The van der Waals surface area contributed by atoms with Crippen molar-refractivity contribution in [2.75, 3.05) is 19.0 Å². The van der Waals surface area contributed by atoms with E-state index in [1.807, 2.05) is 68.9 Å². The van der Waals surface area contributed by atoms with Crippen LogP contribution >= 0.6 is 0 Å². The number of hydrogen-bond acceptors (Lipinski definition) is 2. The van der Waals surface area contributed by atoms with Crippen LogP contribution in [-0.2, 0) is 11.3 Å². The number of nitrogens with zero attached hydrogens (tertiary/aromatic N) is 2. The maximum Gasteiger partial charge on any atom is 0.286 e. The van der Waals surface area contributed by atoms with E-state index in [0.717, 1.165) is 5.69 Å². The maximum atomic E-state index is 11.7. The Kier molecular flexibility index (Phi) is 4.10. The second-order valence-electron chi connectivity index (χ2n) is 5.42. The number of nitrogens with one attached hydrogen (secondary N) is 1. The van der Waals surface area contributed by atoms with Gasteiger partial charge in [-0.25, -0.2) is 0 Å². The lowest BCUT2D eigenvalue weighted by Crippen LogP contribution is -2.48. The van der Waals surface area contributed by atoms with Crippen LogP contribution in [0.1, 0.15) is 20.8 Å². The van der Waals surface area contributed by atoms with Gasteiger partial charge in [-0.1, -0.05) is 0 Å². The molecule has 0 fully saturated rings. The van der Waals surface area contributed by atoms with Crippen molar-refractivity contribution in [1.82, 2.24) is 5.32 Å². The summed E-state index contributed by atoms with van der Waals surface area (Å²) in [6.45, 7) is 6.28. The monoisotopic (exact) mass is 236 g/mol. The minimum atomic E-state index is -0.179. The highest BCUT2D eigenvalue weighted by molar-refractivity contribution is 5.75. The number of pyridine rings is 1. The van der Waals surface area contributed by atoms with E-state index in [1.54, 1.807) is 0 Å². The molecule has 1 heterocycles. The molecule has 1 N–H and O–H groups in total. The molecular formula is C13H22N3O+. The molecule has 1 aromatic rings. The van der Waals surface area contributed by atoms with Crippen LogP contribution in [0.4, 0.5) is 5.69 Å². The Balaban J connectivity index is 2.61. The van der Waals surface area contributed by atoms with E-state index in [2.05, 4.69) is 5.32 Å². The molecule has 4 heteroatoms. The molecule has 0 radical (unpaired) electrons. The van der Waals surface area contributed by atoms with Crippen molar-refractivity contribution in [2.45, 2.75) is 32.9 Å². The summed E-state index contributed by atoms with van der Waals surface area (Å²) < 4.78 is 1.87. The molecule has 17 heavy (non-hydrogen) atoms. The maximum absolute atomic E-state index is 11.7. The molecule has 0 unspecified atom stereocenters. The number of amides is 1. The first-order valence-corrected chi connectivity index (χ1v) is 5.75. The molecule has 0 aliphatic heterocycles. The standard InChI is InChI=1S/C13H21N3O/c1-13(2,3)14-12(17)10-16-8-6-11(7-9-16)15(4)5/h6-9H,10H2,1-5H3/p+1. The van der Waals surface area contributed by atoms with Crippen LogP contribution in [0.5, 0.6) is 0 Å². The number of aromatic nitrogens is 1. The summed E-state index contributed by atoms with van der Waals surface area (Å²) in [5, 5.41) is 2.93. The number of anilines is 1. The highest BCUT2D eigenvalue weighted by atomic mass is 16.2. The van der Waals surface area contributed by atoms with Crippen LogP contribution in [-0.4, -0.2) is 25.5 Å². The van der Waals surface area contributed by atoms with Crippen molar-refractivity contribution >= 4 is 11.6 Å². The molecule has 0 aromatic carbocycles. The van der Waals surface area contributed by atoms with Crippen LogP contribution in [0.15, 0.2) is 24.5 Å². The summed E-state index contributed by atoms with van der Waals surface area (Å²) >= 11 is 0. The largest absolute Gasteiger partial charge is 0.377 e. The van der Waals surface area contributed by atoms with Gasteiger partial charge in [-0.15, -0.1) is 0 Å². The summed E-state index contributed by atoms with van der Waals surface area (Å²) in [6, 6.07) is 3.98. The van der Waals surface area contributed by atoms with Crippen LogP contribution in [0.2, 0.25) is 0 Å². The summed E-state index contributed by atoms with van der Waals surface area (Å²) in [5.74, 6) is 0.0279. The van der Waals surface area contributed by atoms with Gasteiger partial charge in [-0.3, -0.25) is 4.79 Å². The first-order chi connectivity index (χ1) is 7.78. The predicted molar refractivity (Wildman–Crippen MR) is 68.9 cm³/mol. The fourth-order valence-electron chi connectivity index (χ4n) is 1.48. The third-order valence-electron chi connectivity index (χ3n) is 2.23. The van der Waals surface area contributed by atoms with Gasteiger partial charge in [0, 0.05) is 37.5 Å². The molecule has 1 rings (SSSR count). The van der Waals surface area contributed by atoms with Crippen LogP contribution in [0.25, 0.3) is 0 Å². The fraction of sp³-hybridized carbons (Fsp3) is 0.538. The van der Waals surface area contributed by atoms with E-state index in [-0.39, 0.29) is 11.4 Å². The van der Waals surface area contributed by atoms with Gasteiger partial charge >= 0.3 is 0 Å². The highest BCUT2D eigenvalue weighted by Crippen LogP contribution is 2.05. The molecule has 0 saturated heterocycles. The Morgan fingerprint density at radius 3 is 2.24 bits per heavy atom. The van der Waals surface area contributed by atoms with E-state index in [1.165, 1.54) is 0 Å². The zero-order valence-corrected chi connectivity index (χ0v) is 11.3. The van der Waals surface area contributed by atoms with Crippen molar-refractivity contribution < 1.29 is 9.36 Å². The SMILES string of the molecule is CN(C)c1cc[n+](CC(=O)NC(C)(C)C)cc1. The first kappa shape index (κ1) is 13.5. The molecule has 0 aliphatic rings. The van der Waals surface area contributed by atoms with Gasteiger partial charge in [0.05, 0.1) is 0 Å². The van der Waals surface area contributed by atoms with Gasteiger partial charge in [0.1, 0.15) is 0 Å². The quantitative estimate of drug-likeness (QED) is 0.793. The summed E-state index contributed by atoms with van der Waals surface area (Å²) in [7, 11) is 3.98.